The number of nitrogens with one attached hydrogen (secondary N) is 1. The van der Waals surface area contributed by atoms with Crippen LogP contribution in [-0.2, 0) is 4.79 Å². The van der Waals surface area contributed by atoms with Crippen molar-refractivity contribution in [1.29, 1.82) is 0 Å². The summed E-state index contributed by atoms with van der Waals surface area (Å²) in [6, 6.07) is 5.78. The topological polar surface area (TPSA) is 47.6 Å². The van der Waals surface area contributed by atoms with E-state index in [4.69, 9.17) is 9.47 Å². The molecule has 1 amide bonds. The molecule has 1 N–H and O–H groups in total. The first-order chi connectivity index (χ1) is 12.8. The Hall–Kier alpha value is -2.23. The molecule has 0 radical (unpaired) electrons. The van der Waals surface area contributed by atoms with Gasteiger partial charge in [-0.2, -0.15) is 0 Å². The fourth-order valence-corrected chi connectivity index (χ4v) is 2.86. The van der Waals surface area contributed by atoms with Gasteiger partial charge in [-0.15, -0.1) is 0 Å². The number of benzene rings is 1. The second-order valence-electron chi connectivity index (χ2n) is 6.60. The summed E-state index contributed by atoms with van der Waals surface area (Å²) in [4.78, 5) is 11.7. The van der Waals surface area contributed by atoms with Crippen LogP contribution >= 0.6 is 0 Å². The van der Waals surface area contributed by atoms with E-state index in [0.717, 1.165) is 30.0 Å². The molecule has 0 fully saturated rings. The molecule has 1 aromatic carbocycles. The third-order valence-electron chi connectivity index (χ3n) is 4.37. The summed E-state index contributed by atoms with van der Waals surface area (Å²) >= 11 is 0. The summed E-state index contributed by atoms with van der Waals surface area (Å²) in [7, 11) is 0. The largest absolute Gasteiger partial charge is 0.454 e. The van der Waals surface area contributed by atoms with E-state index >= 15 is 0 Å². The molecule has 0 atom stereocenters. The van der Waals surface area contributed by atoms with Crippen molar-refractivity contribution in [3.63, 3.8) is 0 Å². The van der Waals surface area contributed by atoms with E-state index in [2.05, 4.69) is 12.2 Å². The lowest BCUT2D eigenvalue weighted by Crippen LogP contribution is -2.21. The number of hydrogen-bond donors (Lipinski definition) is 1. The highest BCUT2D eigenvalue weighted by Crippen LogP contribution is 2.32. The van der Waals surface area contributed by atoms with Gasteiger partial charge in [-0.3, -0.25) is 4.79 Å². The lowest BCUT2D eigenvalue weighted by Gasteiger charge is -2.02. The second-order valence-corrected chi connectivity index (χ2v) is 6.60. The molecule has 0 spiro atoms. The zero-order valence-electron chi connectivity index (χ0n) is 15.8. The summed E-state index contributed by atoms with van der Waals surface area (Å²) in [5.74, 6) is 1.50. The molecule has 0 bridgehead atoms. The average molecular weight is 357 g/mol. The molecule has 142 valence electrons. The standard InChI is InChI=1S/C22H31NO3/c1-2-3-4-5-6-7-8-11-16-23-22(24)13-10-9-12-19-14-15-20-21(17-19)26-18-25-20/h9-10,12-15,17H,2-8,11,16,18H2,1H3,(H,23,24). The number of carbonyl (C=O) groups is 1. The van der Waals surface area contributed by atoms with Gasteiger partial charge in [0.1, 0.15) is 0 Å². The Morgan fingerprint density at radius 2 is 1.73 bits per heavy atom. The predicted octanol–water partition coefficient (Wildman–Crippen LogP) is 5.24. The fraction of sp³-hybridized carbons (Fsp3) is 0.500. The number of fused-ring (bicyclic) bond motifs is 1. The molecule has 2 rings (SSSR count). The molecule has 1 heterocycles. The lowest BCUT2D eigenvalue weighted by atomic mass is 10.1. The molecule has 1 aliphatic heterocycles. The molecular formula is C22H31NO3. The lowest BCUT2D eigenvalue weighted by molar-refractivity contribution is -0.116. The predicted molar refractivity (Wildman–Crippen MR) is 106 cm³/mol. The van der Waals surface area contributed by atoms with Gasteiger partial charge in [0.2, 0.25) is 12.7 Å². The number of amides is 1. The Morgan fingerprint density at radius 3 is 2.54 bits per heavy atom. The van der Waals surface area contributed by atoms with Crippen LogP contribution in [0.2, 0.25) is 0 Å². The first-order valence-electron chi connectivity index (χ1n) is 9.82. The quantitative estimate of drug-likeness (QED) is 0.316. The molecule has 4 heteroatoms. The number of ether oxygens (including phenoxy) is 2. The van der Waals surface area contributed by atoms with Crippen LogP contribution in [0.5, 0.6) is 11.5 Å². The summed E-state index contributed by atoms with van der Waals surface area (Å²) in [5.41, 5.74) is 1.01. The number of hydrogen-bond acceptors (Lipinski definition) is 3. The minimum absolute atomic E-state index is 0.0386. The van der Waals surface area contributed by atoms with Crippen LogP contribution in [0.3, 0.4) is 0 Å². The van der Waals surface area contributed by atoms with Gasteiger partial charge in [0.05, 0.1) is 0 Å². The Morgan fingerprint density at radius 1 is 1.00 bits per heavy atom. The summed E-state index contributed by atoms with van der Waals surface area (Å²) < 4.78 is 10.6. The van der Waals surface area contributed by atoms with Crippen molar-refractivity contribution in [2.45, 2.75) is 58.3 Å². The Bertz CT molecular complexity index is 607. The van der Waals surface area contributed by atoms with Gasteiger partial charge >= 0.3 is 0 Å². The van der Waals surface area contributed by atoms with Crippen molar-refractivity contribution in [3.05, 3.63) is 42.0 Å². The number of allylic oxidation sites excluding steroid dienone is 2. The SMILES string of the molecule is CCCCCCCCCCNC(=O)C=CC=Cc1ccc2c(c1)OCO2. The van der Waals surface area contributed by atoms with E-state index in [1.54, 1.807) is 12.2 Å². The number of unbranched alkanes of at least 4 members (excludes halogenated alkanes) is 7. The highest BCUT2D eigenvalue weighted by Gasteiger charge is 2.11. The van der Waals surface area contributed by atoms with Gasteiger partial charge in [0.25, 0.3) is 0 Å². The zero-order valence-corrected chi connectivity index (χ0v) is 15.8. The van der Waals surface area contributed by atoms with Crippen molar-refractivity contribution in [3.8, 4) is 11.5 Å². The minimum atomic E-state index is -0.0386. The summed E-state index contributed by atoms with van der Waals surface area (Å²) in [6.45, 7) is 3.27. The highest BCUT2D eigenvalue weighted by atomic mass is 16.7. The van der Waals surface area contributed by atoms with Crippen molar-refractivity contribution in [1.82, 2.24) is 5.32 Å². The maximum Gasteiger partial charge on any atom is 0.243 e. The molecule has 0 aromatic heterocycles. The van der Waals surface area contributed by atoms with Gasteiger partial charge < -0.3 is 14.8 Å². The van der Waals surface area contributed by atoms with Crippen LogP contribution in [0.1, 0.15) is 63.9 Å². The van der Waals surface area contributed by atoms with Crippen LogP contribution < -0.4 is 14.8 Å². The molecule has 0 unspecified atom stereocenters. The molecule has 26 heavy (non-hydrogen) atoms. The van der Waals surface area contributed by atoms with Gasteiger partial charge in [-0.1, -0.05) is 76.2 Å². The molecule has 0 aliphatic carbocycles. The first kappa shape index (κ1) is 20.1. The zero-order chi connectivity index (χ0) is 18.5. The van der Waals surface area contributed by atoms with Crippen molar-refractivity contribution in [2.75, 3.05) is 13.3 Å². The maximum absolute atomic E-state index is 11.7. The smallest absolute Gasteiger partial charge is 0.243 e. The van der Waals surface area contributed by atoms with E-state index in [9.17, 15) is 4.79 Å². The third-order valence-corrected chi connectivity index (χ3v) is 4.37. The van der Waals surface area contributed by atoms with E-state index in [-0.39, 0.29) is 12.7 Å². The molecule has 1 aromatic rings. The van der Waals surface area contributed by atoms with E-state index in [1.165, 1.54) is 44.9 Å². The van der Waals surface area contributed by atoms with E-state index in [0.29, 0.717) is 0 Å². The van der Waals surface area contributed by atoms with Crippen molar-refractivity contribution >= 4 is 12.0 Å². The van der Waals surface area contributed by atoms with E-state index < -0.39 is 0 Å². The molecular weight excluding hydrogens is 326 g/mol. The van der Waals surface area contributed by atoms with Gasteiger partial charge in [0, 0.05) is 12.6 Å². The van der Waals surface area contributed by atoms with Gasteiger partial charge in [-0.05, 0) is 24.1 Å². The highest BCUT2D eigenvalue weighted by molar-refractivity contribution is 5.87. The minimum Gasteiger partial charge on any atom is -0.454 e. The van der Waals surface area contributed by atoms with Crippen molar-refractivity contribution < 1.29 is 14.3 Å². The number of rotatable bonds is 12. The molecule has 1 aliphatic rings. The molecule has 4 nitrogen and oxygen atoms in total. The van der Waals surface area contributed by atoms with Gasteiger partial charge in [0.15, 0.2) is 11.5 Å². The summed E-state index contributed by atoms with van der Waals surface area (Å²) in [6.07, 6.45) is 17.3. The second kappa shape index (κ2) is 12.2. The van der Waals surface area contributed by atoms with Crippen LogP contribution in [0, 0.1) is 0 Å². The van der Waals surface area contributed by atoms with Crippen molar-refractivity contribution in [2.24, 2.45) is 0 Å². The molecule has 0 saturated carbocycles. The molecule has 0 saturated heterocycles. The number of carbonyl (C=O) groups excluding carboxylic acids is 1. The third kappa shape index (κ3) is 7.77. The Balaban J connectivity index is 1.54. The van der Waals surface area contributed by atoms with Crippen LogP contribution in [0.4, 0.5) is 0 Å². The van der Waals surface area contributed by atoms with Crippen LogP contribution in [-0.4, -0.2) is 19.2 Å². The first-order valence-corrected chi connectivity index (χ1v) is 9.82. The van der Waals surface area contributed by atoms with E-state index in [1.807, 2.05) is 30.4 Å². The monoisotopic (exact) mass is 357 g/mol. The van der Waals surface area contributed by atoms with Crippen LogP contribution in [0.25, 0.3) is 6.08 Å². The van der Waals surface area contributed by atoms with Crippen LogP contribution in [0.15, 0.2) is 36.4 Å². The Labute approximate surface area is 157 Å². The maximum atomic E-state index is 11.7. The Kier molecular flexibility index (Phi) is 9.41. The summed E-state index contributed by atoms with van der Waals surface area (Å²) in [5, 5.41) is 2.93. The van der Waals surface area contributed by atoms with Gasteiger partial charge in [-0.25, -0.2) is 0 Å². The fourth-order valence-electron chi connectivity index (χ4n) is 2.86. The normalized spacial score (nSPS) is 13.0. The average Bonchev–Trinajstić information content (AvgIpc) is 3.12.